The van der Waals surface area contributed by atoms with Gasteiger partial charge in [0.25, 0.3) is 0 Å². The highest BCUT2D eigenvalue weighted by Gasteiger charge is 2.33. The Morgan fingerprint density at radius 2 is 2.06 bits per heavy atom. The van der Waals surface area contributed by atoms with Gasteiger partial charge in [0.2, 0.25) is 0 Å². The van der Waals surface area contributed by atoms with Gasteiger partial charge in [-0.15, -0.1) is 11.8 Å². The van der Waals surface area contributed by atoms with Crippen LogP contribution in [0.15, 0.2) is 46.9 Å². The van der Waals surface area contributed by atoms with Gasteiger partial charge in [-0.2, -0.15) is 13.2 Å². The smallest absolute Gasteiger partial charge is 0.416 e. The number of hydrogen-bond acceptors (Lipinski definition) is 4. The van der Waals surface area contributed by atoms with Crippen molar-refractivity contribution in [2.75, 3.05) is 25.4 Å². The Hall–Kier alpha value is -2.45. The number of hydrogen-bond donors (Lipinski definition) is 1. The van der Waals surface area contributed by atoms with Crippen LogP contribution in [0.3, 0.4) is 0 Å². The van der Waals surface area contributed by atoms with Crippen LogP contribution in [0.25, 0.3) is 6.08 Å². The molecule has 0 saturated carbocycles. The third-order valence-electron chi connectivity index (χ3n) is 5.77. The molecule has 4 nitrogen and oxygen atoms in total. The van der Waals surface area contributed by atoms with Gasteiger partial charge in [-0.05, 0) is 49.2 Å². The predicted octanol–water partition coefficient (Wildman–Crippen LogP) is 5.49. The lowest BCUT2D eigenvalue weighted by Crippen LogP contribution is -2.26. The number of benzene rings is 2. The first kappa shape index (κ1) is 22.7. The van der Waals surface area contributed by atoms with Gasteiger partial charge >= 0.3 is 12.1 Å². The molecule has 1 atom stereocenters. The third-order valence-corrected chi connectivity index (χ3v) is 6.95. The number of halogens is 3. The standard InChI is InChI=1S/C24H24F3NO3S/c1-15-2-3-19(21(8-15)24(25,26)27)13-31-20-5-4-17-9-16(14-32-22(17)10-20)11-28-7-6-18(12-28)23(29)30/h2-5,8-10,18H,6-7,11-14H2,1H3,(H,29,30). The minimum Gasteiger partial charge on any atom is -0.489 e. The predicted molar refractivity (Wildman–Crippen MR) is 118 cm³/mol. The molecule has 32 heavy (non-hydrogen) atoms. The second-order valence-electron chi connectivity index (χ2n) is 8.30. The molecule has 0 aliphatic carbocycles. The minimum absolute atomic E-state index is 0.112. The van der Waals surface area contributed by atoms with Crippen molar-refractivity contribution in [3.63, 3.8) is 0 Å². The summed E-state index contributed by atoms with van der Waals surface area (Å²) in [6, 6.07) is 9.82. The first-order chi connectivity index (χ1) is 15.2. The number of carbonyl (C=O) groups is 1. The first-order valence-corrected chi connectivity index (χ1v) is 11.4. The molecule has 2 aromatic carbocycles. The monoisotopic (exact) mass is 463 g/mol. The fourth-order valence-corrected chi connectivity index (χ4v) is 5.09. The second kappa shape index (κ2) is 9.19. The maximum atomic E-state index is 13.3. The number of alkyl halides is 3. The van der Waals surface area contributed by atoms with E-state index in [-0.39, 0.29) is 18.1 Å². The Bertz CT molecular complexity index is 1050. The fourth-order valence-electron chi connectivity index (χ4n) is 4.08. The van der Waals surface area contributed by atoms with Crippen LogP contribution in [-0.2, 0) is 17.6 Å². The molecule has 8 heteroatoms. The highest BCUT2D eigenvalue weighted by atomic mass is 32.2. The van der Waals surface area contributed by atoms with Gasteiger partial charge in [0.1, 0.15) is 12.4 Å². The van der Waals surface area contributed by atoms with E-state index in [1.165, 1.54) is 11.6 Å². The molecule has 0 radical (unpaired) electrons. The molecule has 2 aliphatic heterocycles. The number of carboxylic acids is 1. The summed E-state index contributed by atoms with van der Waals surface area (Å²) in [4.78, 5) is 14.3. The molecule has 4 rings (SSSR count). The molecule has 170 valence electrons. The largest absolute Gasteiger partial charge is 0.489 e. The quantitative estimate of drug-likeness (QED) is 0.614. The van der Waals surface area contributed by atoms with Crippen molar-refractivity contribution in [3.05, 3.63) is 64.2 Å². The number of carboxylic acid groups (broad SMARTS) is 1. The Morgan fingerprint density at radius 3 is 2.78 bits per heavy atom. The van der Waals surface area contributed by atoms with E-state index in [1.807, 2.05) is 12.1 Å². The van der Waals surface area contributed by atoms with Crippen molar-refractivity contribution < 1.29 is 27.8 Å². The van der Waals surface area contributed by atoms with Crippen LogP contribution >= 0.6 is 11.8 Å². The number of thioether (sulfide) groups is 1. The van der Waals surface area contributed by atoms with Crippen molar-refractivity contribution in [2.24, 2.45) is 5.92 Å². The number of aryl methyl sites for hydroxylation is 1. The summed E-state index contributed by atoms with van der Waals surface area (Å²) >= 11 is 1.66. The fraction of sp³-hybridized carbons (Fsp3) is 0.375. The first-order valence-electron chi connectivity index (χ1n) is 10.4. The minimum atomic E-state index is -4.42. The van der Waals surface area contributed by atoms with E-state index in [1.54, 1.807) is 30.8 Å². The van der Waals surface area contributed by atoms with Gasteiger partial charge in [0.05, 0.1) is 11.5 Å². The average molecular weight is 464 g/mol. The van der Waals surface area contributed by atoms with Crippen LogP contribution in [0.5, 0.6) is 5.75 Å². The van der Waals surface area contributed by atoms with Crippen LogP contribution in [0.2, 0.25) is 0 Å². The van der Waals surface area contributed by atoms with Crippen molar-refractivity contribution in [1.82, 2.24) is 4.90 Å². The summed E-state index contributed by atoms with van der Waals surface area (Å²) in [5, 5.41) is 9.16. The highest BCUT2D eigenvalue weighted by Crippen LogP contribution is 2.36. The van der Waals surface area contributed by atoms with Crippen LogP contribution in [-0.4, -0.2) is 41.4 Å². The lowest BCUT2D eigenvalue weighted by molar-refractivity contribution is -0.141. The summed E-state index contributed by atoms with van der Waals surface area (Å²) in [6.45, 7) is 3.60. The molecular formula is C24H24F3NO3S. The zero-order valence-electron chi connectivity index (χ0n) is 17.6. The molecule has 2 aliphatic rings. The van der Waals surface area contributed by atoms with Gasteiger partial charge in [-0.3, -0.25) is 9.69 Å². The molecule has 2 aromatic rings. The van der Waals surface area contributed by atoms with E-state index in [4.69, 9.17) is 9.84 Å². The molecule has 0 spiro atoms. The van der Waals surface area contributed by atoms with E-state index < -0.39 is 17.7 Å². The van der Waals surface area contributed by atoms with Gasteiger partial charge in [0.15, 0.2) is 0 Å². The van der Waals surface area contributed by atoms with Crippen molar-refractivity contribution in [3.8, 4) is 5.75 Å². The molecule has 1 unspecified atom stereocenters. The second-order valence-corrected chi connectivity index (χ2v) is 9.31. The van der Waals surface area contributed by atoms with Crippen LogP contribution in [0, 0.1) is 12.8 Å². The van der Waals surface area contributed by atoms with Gasteiger partial charge in [-0.25, -0.2) is 0 Å². The summed E-state index contributed by atoms with van der Waals surface area (Å²) < 4.78 is 45.7. The van der Waals surface area contributed by atoms with Crippen LogP contribution in [0.4, 0.5) is 13.2 Å². The third kappa shape index (κ3) is 5.30. The number of fused-ring (bicyclic) bond motifs is 1. The maximum Gasteiger partial charge on any atom is 0.416 e. The van der Waals surface area contributed by atoms with Gasteiger partial charge < -0.3 is 9.84 Å². The van der Waals surface area contributed by atoms with E-state index in [9.17, 15) is 18.0 Å². The summed E-state index contributed by atoms with van der Waals surface area (Å²) in [5.74, 6) is 0.308. The van der Waals surface area contributed by atoms with Gasteiger partial charge in [-0.1, -0.05) is 29.8 Å². The number of nitrogens with zero attached hydrogens (tertiary/aromatic N) is 1. The topological polar surface area (TPSA) is 49.8 Å². The van der Waals surface area contributed by atoms with E-state index >= 15 is 0 Å². The summed E-state index contributed by atoms with van der Waals surface area (Å²) in [6.07, 6.45) is -1.62. The van der Waals surface area contributed by atoms with Crippen LogP contribution in [0.1, 0.15) is 28.7 Å². The maximum absolute atomic E-state index is 13.3. The van der Waals surface area contributed by atoms with Crippen molar-refractivity contribution in [2.45, 2.75) is 31.0 Å². The van der Waals surface area contributed by atoms with E-state index in [0.29, 0.717) is 24.3 Å². The van der Waals surface area contributed by atoms with Crippen molar-refractivity contribution in [1.29, 1.82) is 0 Å². The van der Waals surface area contributed by atoms with E-state index in [0.717, 1.165) is 35.4 Å². The van der Waals surface area contributed by atoms with Crippen molar-refractivity contribution >= 4 is 23.8 Å². The molecule has 1 N–H and O–H groups in total. The lowest BCUT2D eigenvalue weighted by atomic mass is 10.0. The average Bonchev–Trinajstić information content (AvgIpc) is 3.21. The SMILES string of the molecule is Cc1ccc(COc2ccc3c(c2)SCC(CN2CCC(C(=O)O)C2)=C3)c(C(F)(F)F)c1. The molecule has 0 amide bonds. The molecule has 0 aromatic heterocycles. The Labute approximate surface area is 189 Å². The zero-order chi connectivity index (χ0) is 22.9. The van der Waals surface area contributed by atoms with Gasteiger partial charge in [0, 0.05) is 29.3 Å². The molecule has 2 heterocycles. The highest BCUT2D eigenvalue weighted by molar-refractivity contribution is 7.99. The molecule has 0 bridgehead atoms. The molecule has 1 saturated heterocycles. The van der Waals surface area contributed by atoms with E-state index in [2.05, 4.69) is 11.0 Å². The Kier molecular flexibility index (Phi) is 6.53. The number of ether oxygens (including phenoxy) is 1. The lowest BCUT2D eigenvalue weighted by Gasteiger charge is -2.22. The Balaban J connectivity index is 1.41. The summed E-state index contributed by atoms with van der Waals surface area (Å²) in [5.41, 5.74) is 2.28. The zero-order valence-corrected chi connectivity index (χ0v) is 18.4. The van der Waals surface area contributed by atoms with Crippen LogP contribution < -0.4 is 4.74 Å². The Morgan fingerprint density at radius 1 is 1.25 bits per heavy atom. The number of aliphatic carboxylic acids is 1. The normalized spacial score (nSPS) is 18.9. The molecule has 1 fully saturated rings. The molecular weight excluding hydrogens is 439 g/mol. The summed E-state index contributed by atoms with van der Waals surface area (Å²) in [7, 11) is 0. The number of likely N-dealkylation sites (tertiary alicyclic amines) is 1. The number of rotatable bonds is 6.